The van der Waals surface area contributed by atoms with Gasteiger partial charge < -0.3 is 10.1 Å². The number of methoxy groups -OCH3 is 1. The van der Waals surface area contributed by atoms with Crippen LogP contribution < -0.4 is 10.1 Å². The van der Waals surface area contributed by atoms with E-state index in [-0.39, 0.29) is 6.04 Å². The number of nitrogens with one attached hydrogen (secondary N) is 1. The molecule has 0 aliphatic heterocycles. The Morgan fingerprint density at radius 3 is 2.67 bits per heavy atom. The fraction of sp³-hybridized carbons (Fsp3) is 0.333. The van der Waals surface area contributed by atoms with Crippen LogP contribution in [0.15, 0.2) is 46.9 Å². The van der Waals surface area contributed by atoms with Gasteiger partial charge in [0.1, 0.15) is 5.75 Å². The Morgan fingerprint density at radius 1 is 1.19 bits per heavy atom. The average molecular weight is 348 g/mol. The fourth-order valence-corrected chi connectivity index (χ4v) is 2.98. The van der Waals surface area contributed by atoms with Crippen LogP contribution in [-0.4, -0.2) is 14.2 Å². The zero-order valence-corrected chi connectivity index (χ0v) is 14.4. The van der Waals surface area contributed by atoms with E-state index in [0.717, 1.165) is 28.6 Å². The average Bonchev–Trinajstić information content (AvgIpc) is 2.50. The monoisotopic (exact) mass is 347 g/mol. The zero-order valence-electron chi connectivity index (χ0n) is 12.8. The first kappa shape index (κ1) is 16.1. The van der Waals surface area contributed by atoms with Crippen molar-refractivity contribution < 1.29 is 4.74 Å². The van der Waals surface area contributed by atoms with Crippen LogP contribution >= 0.6 is 15.9 Å². The molecular formula is C18H22BrNO. The molecule has 0 aromatic heterocycles. The summed E-state index contributed by atoms with van der Waals surface area (Å²) in [5, 5.41) is 3.40. The van der Waals surface area contributed by atoms with E-state index in [4.69, 9.17) is 4.74 Å². The molecule has 0 fully saturated rings. The largest absolute Gasteiger partial charge is 0.496 e. The van der Waals surface area contributed by atoms with Crippen molar-refractivity contribution in [3.63, 3.8) is 0 Å². The number of rotatable bonds is 6. The molecule has 2 rings (SSSR count). The van der Waals surface area contributed by atoms with E-state index in [2.05, 4.69) is 64.6 Å². The van der Waals surface area contributed by atoms with Crippen molar-refractivity contribution in [2.75, 3.05) is 14.2 Å². The minimum absolute atomic E-state index is 0.129. The molecule has 112 valence electrons. The lowest BCUT2D eigenvalue weighted by molar-refractivity contribution is 0.405. The summed E-state index contributed by atoms with van der Waals surface area (Å²) < 4.78 is 6.56. The second-order valence-electron chi connectivity index (χ2n) is 5.10. The van der Waals surface area contributed by atoms with E-state index < -0.39 is 0 Å². The quantitative estimate of drug-likeness (QED) is 0.816. The Hall–Kier alpha value is -1.32. The summed E-state index contributed by atoms with van der Waals surface area (Å²) in [6, 6.07) is 15.1. The lowest BCUT2D eigenvalue weighted by atomic mass is 9.95. The Kier molecular flexibility index (Phi) is 5.83. The van der Waals surface area contributed by atoms with E-state index in [1.807, 2.05) is 13.1 Å². The summed E-state index contributed by atoms with van der Waals surface area (Å²) in [6.45, 7) is 2.21. The van der Waals surface area contributed by atoms with Gasteiger partial charge >= 0.3 is 0 Å². The lowest BCUT2D eigenvalue weighted by Gasteiger charge is -2.21. The minimum Gasteiger partial charge on any atom is -0.496 e. The number of ether oxygens (including phenoxy) is 1. The van der Waals surface area contributed by atoms with Crippen LogP contribution in [0.4, 0.5) is 0 Å². The van der Waals surface area contributed by atoms with Crippen LogP contribution in [-0.2, 0) is 6.42 Å². The number of hydrogen-bond donors (Lipinski definition) is 1. The van der Waals surface area contributed by atoms with E-state index >= 15 is 0 Å². The van der Waals surface area contributed by atoms with Gasteiger partial charge in [-0.05, 0) is 36.7 Å². The third-order valence-corrected chi connectivity index (χ3v) is 4.11. The van der Waals surface area contributed by atoms with Crippen LogP contribution in [0.25, 0.3) is 0 Å². The second kappa shape index (κ2) is 7.62. The molecule has 0 saturated carbocycles. The van der Waals surface area contributed by atoms with E-state index in [0.29, 0.717) is 0 Å². The van der Waals surface area contributed by atoms with Crippen LogP contribution in [0.1, 0.15) is 36.1 Å². The van der Waals surface area contributed by atoms with E-state index in [9.17, 15) is 0 Å². The Bertz CT molecular complexity index is 598. The number of halogens is 1. The van der Waals surface area contributed by atoms with Gasteiger partial charge in [0.05, 0.1) is 13.2 Å². The van der Waals surface area contributed by atoms with Gasteiger partial charge in [-0.15, -0.1) is 0 Å². The Balaban J connectivity index is 2.42. The van der Waals surface area contributed by atoms with Crippen LogP contribution in [0, 0.1) is 0 Å². The van der Waals surface area contributed by atoms with Crippen molar-refractivity contribution in [2.45, 2.75) is 25.8 Å². The summed E-state index contributed by atoms with van der Waals surface area (Å²) in [6.07, 6.45) is 2.27. The number of benzene rings is 2. The molecule has 0 amide bonds. The third kappa shape index (κ3) is 3.86. The van der Waals surface area contributed by atoms with Gasteiger partial charge in [-0.25, -0.2) is 0 Å². The summed E-state index contributed by atoms with van der Waals surface area (Å²) in [4.78, 5) is 0. The van der Waals surface area contributed by atoms with Gasteiger partial charge in [-0.3, -0.25) is 0 Å². The molecule has 1 unspecified atom stereocenters. The molecule has 0 spiro atoms. The molecule has 0 aliphatic carbocycles. The Morgan fingerprint density at radius 2 is 2.00 bits per heavy atom. The summed E-state index contributed by atoms with van der Waals surface area (Å²) in [5.41, 5.74) is 3.80. The van der Waals surface area contributed by atoms with Gasteiger partial charge in [-0.1, -0.05) is 59.6 Å². The minimum atomic E-state index is 0.129. The molecule has 2 aromatic rings. The lowest BCUT2D eigenvalue weighted by Crippen LogP contribution is -2.18. The van der Waals surface area contributed by atoms with Gasteiger partial charge in [0, 0.05) is 10.0 Å². The first-order chi connectivity index (χ1) is 10.2. The number of aryl methyl sites for hydroxylation is 1. The SMILES string of the molecule is CCCc1cccc(C(NC)c2ccc(Br)cc2OC)c1. The highest BCUT2D eigenvalue weighted by molar-refractivity contribution is 9.10. The van der Waals surface area contributed by atoms with Crippen molar-refractivity contribution >= 4 is 15.9 Å². The summed E-state index contributed by atoms with van der Waals surface area (Å²) in [7, 11) is 3.70. The van der Waals surface area contributed by atoms with Crippen molar-refractivity contribution in [2.24, 2.45) is 0 Å². The number of hydrogen-bond acceptors (Lipinski definition) is 2. The van der Waals surface area contributed by atoms with Crippen LogP contribution in [0.5, 0.6) is 5.75 Å². The highest BCUT2D eigenvalue weighted by atomic mass is 79.9. The molecule has 21 heavy (non-hydrogen) atoms. The first-order valence-corrected chi connectivity index (χ1v) is 8.08. The van der Waals surface area contributed by atoms with Crippen molar-refractivity contribution in [1.82, 2.24) is 5.32 Å². The predicted octanol–water partition coefficient (Wildman–Crippen LogP) is 4.72. The van der Waals surface area contributed by atoms with Crippen molar-refractivity contribution in [1.29, 1.82) is 0 Å². The maximum absolute atomic E-state index is 5.54. The van der Waals surface area contributed by atoms with Gasteiger partial charge in [0.15, 0.2) is 0 Å². The standard InChI is InChI=1S/C18H22BrNO/c1-4-6-13-7-5-8-14(11-13)18(20-2)16-10-9-15(19)12-17(16)21-3/h5,7-12,18,20H,4,6H2,1-3H3. The van der Waals surface area contributed by atoms with E-state index in [1.54, 1.807) is 7.11 Å². The van der Waals surface area contributed by atoms with E-state index in [1.165, 1.54) is 11.1 Å². The van der Waals surface area contributed by atoms with Gasteiger partial charge in [-0.2, -0.15) is 0 Å². The molecule has 2 aromatic carbocycles. The molecule has 0 saturated heterocycles. The summed E-state index contributed by atoms with van der Waals surface area (Å²) in [5.74, 6) is 0.893. The maximum atomic E-state index is 5.54. The van der Waals surface area contributed by atoms with Crippen molar-refractivity contribution in [3.05, 3.63) is 63.6 Å². The smallest absolute Gasteiger partial charge is 0.125 e. The molecule has 3 heteroatoms. The fourth-order valence-electron chi connectivity index (χ4n) is 2.64. The molecule has 1 atom stereocenters. The van der Waals surface area contributed by atoms with Gasteiger partial charge in [0.25, 0.3) is 0 Å². The summed E-state index contributed by atoms with van der Waals surface area (Å²) >= 11 is 3.50. The highest BCUT2D eigenvalue weighted by Gasteiger charge is 2.17. The zero-order chi connectivity index (χ0) is 15.2. The predicted molar refractivity (Wildman–Crippen MR) is 92.0 cm³/mol. The molecule has 1 N–H and O–H groups in total. The molecule has 2 nitrogen and oxygen atoms in total. The van der Waals surface area contributed by atoms with Crippen molar-refractivity contribution in [3.8, 4) is 5.75 Å². The van der Waals surface area contributed by atoms with Crippen LogP contribution in [0.3, 0.4) is 0 Å². The normalized spacial score (nSPS) is 12.2. The maximum Gasteiger partial charge on any atom is 0.125 e. The third-order valence-electron chi connectivity index (χ3n) is 3.62. The molecular weight excluding hydrogens is 326 g/mol. The topological polar surface area (TPSA) is 21.3 Å². The first-order valence-electron chi connectivity index (χ1n) is 7.29. The Labute approximate surface area is 135 Å². The highest BCUT2D eigenvalue weighted by Crippen LogP contribution is 2.32. The van der Waals surface area contributed by atoms with Gasteiger partial charge in [0.2, 0.25) is 0 Å². The molecule has 0 bridgehead atoms. The molecule has 0 radical (unpaired) electrons. The molecule has 0 aliphatic rings. The van der Waals surface area contributed by atoms with Crippen LogP contribution in [0.2, 0.25) is 0 Å². The second-order valence-corrected chi connectivity index (χ2v) is 6.02. The molecule has 0 heterocycles.